The summed E-state index contributed by atoms with van der Waals surface area (Å²) in [5.41, 5.74) is -0.181. The molecule has 11 heavy (non-hydrogen) atoms. The van der Waals surface area contributed by atoms with Crippen LogP contribution in [0, 0.1) is 11.3 Å². The summed E-state index contributed by atoms with van der Waals surface area (Å²) in [5.74, 6) is -1.06. The third-order valence-corrected chi connectivity index (χ3v) is 1.75. The van der Waals surface area contributed by atoms with Gasteiger partial charge in [-0.1, -0.05) is 26.8 Å². The zero-order valence-corrected chi connectivity index (χ0v) is 7.42. The number of aliphatic carboxylic acids is 1. The van der Waals surface area contributed by atoms with Gasteiger partial charge in [0.25, 0.3) is 0 Å². The zero-order valence-electron chi connectivity index (χ0n) is 7.42. The molecule has 0 aromatic heterocycles. The molecule has 1 N–H and O–H groups in total. The average Bonchev–Trinajstić information content (AvgIpc) is 1.79. The predicted octanol–water partition coefficient (Wildman–Crippen LogP) is 2.31. The summed E-state index contributed by atoms with van der Waals surface area (Å²) in [4.78, 5) is 10.7. The van der Waals surface area contributed by atoms with E-state index in [-0.39, 0.29) is 11.3 Å². The third kappa shape index (κ3) is 3.21. The van der Waals surface area contributed by atoms with Crippen LogP contribution in [-0.4, -0.2) is 11.1 Å². The van der Waals surface area contributed by atoms with E-state index in [9.17, 15) is 4.79 Å². The Morgan fingerprint density at radius 3 is 2.18 bits per heavy atom. The predicted molar refractivity (Wildman–Crippen MR) is 45.4 cm³/mol. The van der Waals surface area contributed by atoms with Crippen molar-refractivity contribution < 1.29 is 9.90 Å². The molecule has 0 fully saturated rings. The Labute approximate surface area is 67.9 Å². The standard InChI is InChI=1S/C9H16O2/c1-5-6-7(8(10)11)9(2,3)4/h5,7H,1,6H2,2-4H3,(H,10,11)/t7-/m0/s1. The van der Waals surface area contributed by atoms with E-state index in [1.165, 1.54) is 0 Å². The van der Waals surface area contributed by atoms with E-state index in [0.717, 1.165) is 0 Å². The van der Waals surface area contributed by atoms with Gasteiger partial charge in [0.05, 0.1) is 5.92 Å². The molecule has 0 radical (unpaired) electrons. The summed E-state index contributed by atoms with van der Waals surface area (Å²) >= 11 is 0. The number of carbonyl (C=O) groups is 1. The molecule has 0 aliphatic carbocycles. The monoisotopic (exact) mass is 156 g/mol. The van der Waals surface area contributed by atoms with Gasteiger partial charge in [-0.3, -0.25) is 4.79 Å². The van der Waals surface area contributed by atoms with Crippen LogP contribution in [-0.2, 0) is 4.79 Å². The van der Waals surface area contributed by atoms with E-state index in [1.54, 1.807) is 6.08 Å². The first kappa shape index (κ1) is 10.2. The van der Waals surface area contributed by atoms with Crippen LogP contribution in [0.3, 0.4) is 0 Å². The molecular weight excluding hydrogens is 140 g/mol. The molecule has 64 valence electrons. The lowest BCUT2D eigenvalue weighted by Crippen LogP contribution is -2.27. The second kappa shape index (κ2) is 3.56. The van der Waals surface area contributed by atoms with Crippen molar-refractivity contribution >= 4 is 5.97 Å². The number of carboxylic acid groups (broad SMARTS) is 1. The molecule has 1 atom stereocenters. The Bertz CT molecular complexity index is 153. The molecule has 0 rings (SSSR count). The molecule has 0 amide bonds. The number of rotatable bonds is 3. The molecular formula is C9H16O2. The molecule has 0 aliphatic heterocycles. The zero-order chi connectivity index (χ0) is 9.07. The van der Waals surface area contributed by atoms with Gasteiger partial charge in [0, 0.05) is 0 Å². The first-order valence-corrected chi connectivity index (χ1v) is 3.73. The Morgan fingerprint density at radius 1 is 1.64 bits per heavy atom. The van der Waals surface area contributed by atoms with Crippen molar-refractivity contribution in [3.8, 4) is 0 Å². The van der Waals surface area contributed by atoms with Crippen LogP contribution in [0.1, 0.15) is 27.2 Å². The van der Waals surface area contributed by atoms with Crippen LogP contribution in [0.5, 0.6) is 0 Å². The van der Waals surface area contributed by atoms with Crippen LogP contribution in [0.2, 0.25) is 0 Å². The summed E-state index contributed by atoms with van der Waals surface area (Å²) in [6.45, 7) is 9.31. The fraction of sp³-hybridized carbons (Fsp3) is 0.667. The first-order valence-electron chi connectivity index (χ1n) is 3.73. The maximum Gasteiger partial charge on any atom is 0.307 e. The molecule has 0 spiro atoms. The number of hydrogen-bond donors (Lipinski definition) is 1. The molecule has 0 bridgehead atoms. The highest BCUT2D eigenvalue weighted by molar-refractivity contribution is 5.71. The maximum absolute atomic E-state index is 10.7. The van der Waals surface area contributed by atoms with Gasteiger partial charge in [-0.15, -0.1) is 6.58 Å². The van der Waals surface area contributed by atoms with Crippen molar-refractivity contribution in [1.29, 1.82) is 0 Å². The lowest BCUT2D eigenvalue weighted by molar-refractivity contribution is -0.145. The SMILES string of the molecule is C=CC[C@@H](C(=O)O)C(C)(C)C. The molecule has 2 nitrogen and oxygen atoms in total. The molecule has 0 unspecified atom stereocenters. The summed E-state index contributed by atoms with van der Waals surface area (Å²) < 4.78 is 0. The van der Waals surface area contributed by atoms with Gasteiger partial charge in [-0.25, -0.2) is 0 Å². The van der Waals surface area contributed by atoms with Crippen LogP contribution in [0.25, 0.3) is 0 Å². The van der Waals surface area contributed by atoms with Crippen LogP contribution < -0.4 is 0 Å². The van der Waals surface area contributed by atoms with Gasteiger partial charge in [0.1, 0.15) is 0 Å². The van der Waals surface area contributed by atoms with Crippen molar-refractivity contribution in [3.05, 3.63) is 12.7 Å². The van der Waals surface area contributed by atoms with Crippen molar-refractivity contribution in [3.63, 3.8) is 0 Å². The highest BCUT2D eigenvalue weighted by Gasteiger charge is 2.29. The fourth-order valence-corrected chi connectivity index (χ4v) is 0.991. The van der Waals surface area contributed by atoms with Gasteiger partial charge < -0.3 is 5.11 Å². The second-order valence-corrected chi connectivity index (χ2v) is 3.78. The number of allylic oxidation sites excluding steroid dienone is 1. The van der Waals surface area contributed by atoms with Gasteiger partial charge in [-0.2, -0.15) is 0 Å². The minimum atomic E-state index is -0.739. The highest BCUT2D eigenvalue weighted by Crippen LogP contribution is 2.28. The quantitative estimate of drug-likeness (QED) is 0.636. The third-order valence-electron chi connectivity index (χ3n) is 1.75. The highest BCUT2D eigenvalue weighted by atomic mass is 16.4. The molecule has 0 heterocycles. The number of hydrogen-bond acceptors (Lipinski definition) is 1. The van der Waals surface area contributed by atoms with E-state index in [1.807, 2.05) is 20.8 Å². The molecule has 0 aliphatic rings. The van der Waals surface area contributed by atoms with Crippen molar-refractivity contribution in [2.75, 3.05) is 0 Å². The minimum absolute atomic E-state index is 0.181. The van der Waals surface area contributed by atoms with Crippen molar-refractivity contribution in [1.82, 2.24) is 0 Å². The van der Waals surface area contributed by atoms with Gasteiger partial charge in [0.2, 0.25) is 0 Å². The molecule has 0 aromatic rings. The normalized spacial score (nSPS) is 14.1. The number of carboxylic acids is 1. The largest absolute Gasteiger partial charge is 0.481 e. The van der Waals surface area contributed by atoms with E-state index < -0.39 is 5.97 Å². The smallest absolute Gasteiger partial charge is 0.307 e. The molecule has 0 saturated carbocycles. The Hall–Kier alpha value is -0.790. The maximum atomic E-state index is 10.7. The van der Waals surface area contributed by atoms with Crippen molar-refractivity contribution in [2.24, 2.45) is 11.3 Å². The van der Waals surface area contributed by atoms with E-state index >= 15 is 0 Å². The van der Waals surface area contributed by atoms with E-state index in [2.05, 4.69) is 6.58 Å². The molecule has 0 aromatic carbocycles. The Morgan fingerprint density at radius 2 is 2.09 bits per heavy atom. The summed E-state index contributed by atoms with van der Waals surface area (Å²) in [7, 11) is 0. The lowest BCUT2D eigenvalue weighted by atomic mass is 9.79. The van der Waals surface area contributed by atoms with Gasteiger partial charge >= 0.3 is 5.97 Å². The Balaban J connectivity index is 4.34. The van der Waals surface area contributed by atoms with Crippen LogP contribution >= 0.6 is 0 Å². The van der Waals surface area contributed by atoms with Gasteiger partial charge in [-0.05, 0) is 11.8 Å². The van der Waals surface area contributed by atoms with E-state index in [0.29, 0.717) is 6.42 Å². The van der Waals surface area contributed by atoms with Crippen LogP contribution in [0.15, 0.2) is 12.7 Å². The molecule has 0 saturated heterocycles. The minimum Gasteiger partial charge on any atom is -0.481 e. The molecule has 2 heteroatoms. The summed E-state index contributed by atoms with van der Waals surface area (Å²) in [6, 6.07) is 0. The topological polar surface area (TPSA) is 37.3 Å². The van der Waals surface area contributed by atoms with Crippen molar-refractivity contribution in [2.45, 2.75) is 27.2 Å². The summed E-state index contributed by atoms with van der Waals surface area (Å²) in [6.07, 6.45) is 2.20. The lowest BCUT2D eigenvalue weighted by Gasteiger charge is -2.25. The first-order chi connectivity index (χ1) is 4.89. The summed E-state index contributed by atoms with van der Waals surface area (Å²) in [5, 5.41) is 8.79. The van der Waals surface area contributed by atoms with Crippen LogP contribution in [0.4, 0.5) is 0 Å². The fourth-order valence-electron chi connectivity index (χ4n) is 0.991. The van der Waals surface area contributed by atoms with Gasteiger partial charge in [0.15, 0.2) is 0 Å². The average molecular weight is 156 g/mol. The Kier molecular flexibility index (Phi) is 3.30. The second-order valence-electron chi connectivity index (χ2n) is 3.78. The van der Waals surface area contributed by atoms with E-state index in [4.69, 9.17) is 5.11 Å².